The third kappa shape index (κ3) is 3.74. The normalized spacial score (nSPS) is 18.3. The van der Waals surface area contributed by atoms with Crippen LogP contribution in [0, 0.1) is 0 Å². The molecule has 0 bridgehead atoms. The lowest BCUT2D eigenvalue weighted by atomic mass is 10.00. The SMILES string of the molecule is O=C(C[C@@H]1CCCCN1)Cn1cnc2cc(Cl)c(Cl)cc2c1=O. The molecule has 2 aromatic rings. The molecule has 0 spiro atoms. The molecule has 1 aliphatic rings. The molecule has 1 atom stereocenters. The van der Waals surface area contributed by atoms with Crippen LogP contribution in [0.3, 0.4) is 0 Å². The lowest BCUT2D eigenvalue weighted by Crippen LogP contribution is -2.37. The first-order valence-electron chi connectivity index (χ1n) is 7.64. The van der Waals surface area contributed by atoms with Crippen LogP contribution in [-0.2, 0) is 11.3 Å². The van der Waals surface area contributed by atoms with Crippen molar-refractivity contribution in [3.05, 3.63) is 38.9 Å². The molecule has 1 saturated heterocycles. The van der Waals surface area contributed by atoms with Crippen molar-refractivity contribution < 1.29 is 4.79 Å². The Morgan fingerprint density at radius 3 is 2.83 bits per heavy atom. The number of rotatable bonds is 4. The standard InChI is InChI=1S/C16H17Cl2N3O2/c17-13-6-12-15(7-14(13)18)20-9-21(16(12)23)8-11(22)5-10-3-1-2-4-19-10/h6-7,9-10,19H,1-5,8H2/t10-/m0/s1. The molecular formula is C16H17Cl2N3O2. The zero-order valence-electron chi connectivity index (χ0n) is 12.5. The predicted molar refractivity (Wildman–Crippen MR) is 91.3 cm³/mol. The number of piperidine rings is 1. The summed E-state index contributed by atoms with van der Waals surface area (Å²) in [5.74, 6) is 0.0210. The molecule has 1 N–H and O–H groups in total. The molecule has 0 radical (unpaired) electrons. The maximum Gasteiger partial charge on any atom is 0.261 e. The first-order chi connectivity index (χ1) is 11.0. The highest BCUT2D eigenvalue weighted by atomic mass is 35.5. The van der Waals surface area contributed by atoms with E-state index in [1.54, 1.807) is 6.07 Å². The molecule has 2 heterocycles. The van der Waals surface area contributed by atoms with Gasteiger partial charge < -0.3 is 5.32 Å². The van der Waals surface area contributed by atoms with Crippen molar-refractivity contribution in [2.45, 2.75) is 38.3 Å². The molecule has 23 heavy (non-hydrogen) atoms. The van der Waals surface area contributed by atoms with Gasteiger partial charge in [0.05, 0.1) is 33.8 Å². The minimum atomic E-state index is -0.279. The van der Waals surface area contributed by atoms with Gasteiger partial charge in [-0.1, -0.05) is 29.6 Å². The third-order valence-corrected chi connectivity index (χ3v) is 4.82. The predicted octanol–water partition coefficient (Wildman–Crippen LogP) is 2.80. The molecule has 0 saturated carbocycles. The van der Waals surface area contributed by atoms with Crippen LogP contribution in [0.25, 0.3) is 10.9 Å². The first kappa shape index (κ1) is 16.4. The summed E-state index contributed by atoms with van der Waals surface area (Å²) in [6.07, 6.45) is 5.13. The number of Topliss-reactive ketones (excluding diaryl/α,β-unsaturated/α-hetero) is 1. The number of benzene rings is 1. The van der Waals surface area contributed by atoms with Crippen LogP contribution in [0.15, 0.2) is 23.3 Å². The van der Waals surface area contributed by atoms with E-state index in [2.05, 4.69) is 10.3 Å². The third-order valence-electron chi connectivity index (χ3n) is 4.10. The molecule has 0 amide bonds. The second kappa shape index (κ2) is 6.99. The number of halogens is 2. The van der Waals surface area contributed by atoms with Gasteiger partial charge in [-0.3, -0.25) is 14.2 Å². The Kier molecular flexibility index (Phi) is 4.99. The minimum Gasteiger partial charge on any atom is -0.314 e. The Labute approximate surface area is 143 Å². The lowest BCUT2D eigenvalue weighted by Gasteiger charge is -2.22. The molecular weight excluding hydrogens is 337 g/mol. The van der Waals surface area contributed by atoms with Gasteiger partial charge in [0.2, 0.25) is 0 Å². The van der Waals surface area contributed by atoms with E-state index >= 15 is 0 Å². The van der Waals surface area contributed by atoms with Crippen molar-refractivity contribution in [2.75, 3.05) is 6.54 Å². The summed E-state index contributed by atoms with van der Waals surface area (Å²) in [5, 5.41) is 4.35. The molecule has 122 valence electrons. The van der Waals surface area contributed by atoms with Crippen LogP contribution >= 0.6 is 23.2 Å². The van der Waals surface area contributed by atoms with E-state index in [1.165, 1.54) is 17.0 Å². The Morgan fingerprint density at radius 1 is 1.30 bits per heavy atom. The van der Waals surface area contributed by atoms with E-state index in [-0.39, 0.29) is 23.9 Å². The van der Waals surface area contributed by atoms with E-state index in [9.17, 15) is 9.59 Å². The van der Waals surface area contributed by atoms with Gasteiger partial charge in [-0.25, -0.2) is 4.98 Å². The number of aromatic nitrogens is 2. The van der Waals surface area contributed by atoms with Crippen molar-refractivity contribution in [2.24, 2.45) is 0 Å². The average molecular weight is 354 g/mol. The minimum absolute atomic E-state index is 0.0210. The maximum absolute atomic E-state index is 12.5. The van der Waals surface area contributed by atoms with Crippen LogP contribution < -0.4 is 10.9 Å². The molecule has 5 nitrogen and oxygen atoms in total. The largest absolute Gasteiger partial charge is 0.314 e. The van der Waals surface area contributed by atoms with Crippen molar-refractivity contribution in [3.8, 4) is 0 Å². The molecule has 0 aliphatic carbocycles. The van der Waals surface area contributed by atoms with Crippen molar-refractivity contribution in [1.82, 2.24) is 14.9 Å². The van der Waals surface area contributed by atoms with E-state index < -0.39 is 0 Å². The van der Waals surface area contributed by atoms with Gasteiger partial charge in [0, 0.05) is 12.5 Å². The Hall–Kier alpha value is -1.43. The zero-order chi connectivity index (χ0) is 16.4. The van der Waals surface area contributed by atoms with E-state index in [0.717, 1.165) is 25.8 Å². The number of ketones is 1. The fourth-order valence-corrected chi connectivity index (χ4v) is 3.22. The number of nitrogens with zero attached hydrogens (tertiary/aromatic N) is 2. The summed E-state index contributed by atoms with van der Waals surface area (Å²) in [6, 6.07) is 3.27. The summed E-state index contributed by atoms with van der Waals surface area (Å²) in [5.41, 5.74) is 0.195. The summed E-state index contributed by atoms with van der Waals surface area (Å²) >= 11 is 11.9. The fourth-order valence-electron chi connectivity index (χ4n) is 2.89. The van der Waals surface area contributed by atoms with Crippen molar-refractivity contribution >= 4 is 39.9 Å². The number of nitrogens with one attached hydrogen (secondary N) is 1. The smallest absolute Gasteiger partial charge is 0.261 e. The number of fused-ring (bicyclic) bond motifs is 1. The van der Waals surface area contributed by atoms with Gasteiger partial charge >= 0.3 is 0 Å². The number of hydrogen-bond acceptors (Lipinski definition) is 4. The highest BCUT2D eigenvalue weighted by Crippen LogP contribution is 2.25. The lowest BCUT2D eigenvalue weighted by molar-refractivity contribution is -0.120. The van der Waals surface area contributed by atoms with E-state index in [1.807, 2.05) is 0 Å². The van der Waals surface area contributed by atoms with Crippen LogP contribution in [0.4, 0.5) is 0 Å². The molecule has 7 heteroatoms. The molecule has 1 aromatic carbocycles. The molecule has 0 unspecified atom stereocenters. The maximum atomic E-state index is 12.5. The molecule has 1 fully saturated rings. The molecule has 3 rings (SSSR count). The summed E-state index contributed by atoms with van der Waals surface area (Å²) in [7, 11) is 0. The van der Waals surface area contributed by atoms with Crippen LogP contribution in [-0.4, -0.2) is 27.9 Å². The van der Waals surface area contributed by atoms with Crippen LogP contribution in [0.1, 0.15) is 25.7 Å². The summed E-state index contributed by atoms with van der Waals surface area (Å²) < 4.78 is 1.33. The topological polar surface area (TPSA) is 64.0 Å². The fraction of sp³-hybridized carbons (Fsp3) is 0.438. The second-order valence-corrected chi connectivity index (χ2v) is 6.67. The molecule has 1 aromatic heterocycles. The van der Waals surface area contributed by atoms with Gasteiger partial charge in [0.15, 0.2) is 5.78 Å². The average Bonchev–Trinajstić information content (AvgIpc) is 2.53. The highest BCUT2D eigenvalue weighted by molar-refractivity contribution is 6.42. The van der Waals surface area contributed by atoms with Gasteiger partial charge in [0.25, 0.3) is 5.56 Å². The zero-order valence-corrected chi connectivity index (χ0v) is 14.0. The first-order valence-corrected chi connectivity index (χ1v) is 8.39. The van der Waals surface area contributed by atoms with Crippen molar-refractivity contribution in [3.63, 3.8) is 0 Å². The van der Waals surface area contributed by atoms with Gasteiger partial charge in [-0.15, -0.1) is 0 Å². The quantitative estimate of drug-likeness (QED) is 0.917. The highest BCUT2D eigenvalue weighted by Gasteiger charge is 2.17. The van der Waals surface area contributed by atoms with Gasteiger partial charge in [-0.05, 0) is 31.5 Å². The molecule has 1 aliphatic heterocycles. The Bertz CT molecular complexity index is 798. The number of carbonyl (C=O) groups excluding carboxylic acids is 1. The van der Waals surface area contributed by atoms with Crippen LogP contribution in [0.5, 0.6) is 0 Å². The van der Waals surface area contributed by atoms with E-state index in [0.29, 0.717) is 27.4 Å². The van der Waals surface area contributed by atoms with Gasteiger partial charge in [-0.2, -0.15) is 0 Å². The van der Waals surface area contributed by atoms with Crippen molar-refractivity contribution in [1.29, 1.82) is 0 Å². The Balaban J connectivity index is 1.80. The Morgan fingerprint density at radius 2 is 2.09 bits per heavy atom. The summed E-state index contributed by atoms with van der Waals surface area (Å²) in [6.45, 7) is 0.981. The van der Waals surface area contributed by atoms with Gasteiger partial charge in [0.1, 0.15) is 0 Å². The number of carbonyl (C=O) groups is 1. The second-order valence-electron chi connectivity index (χ2n) is 5.85. The summed E-state index contributed by atoms with van der Waals surface area (Å²) in [4.78, 5) is 28.9. The monoisotopic (exact) mass is 353 g/mol. The number of hydrogen-bond donors (Lipinski definition) is 1. The van der Waals surface area contributed by atoms with E-state index in [4.69, 9.17) is 23.2 Å². The van der Waals surface area contributed by atoms with Crippen LogP contribution in [0.2, 0.25) is 10.0 Å².